The van der Waals surface area contributed by atoms with Gasteiger partial charge in [-0.05, 0) is 30.4 Å². The Morgan fingerprint density at radius 1 is 0.971 bits per heavy atom. The highest BCUT2D eigenvalue weighted by Crippen LogP contribution is 2.42. The molecule has 1 aliphatic heterocycles. The van der Waals surface area contributed by atoms with Crippen molar-refractivity contribution >= 4 is 5.78 Å². The van der Waals surface area contributed by atoms with E-state index in [2.05, 4.69) is 18.7 Å². The van der Waals surface area contributed by atoms with Gasteiger partial charge in [-0.2, -0.15) is 0 Å². The summed E-state index contributed by atoms with van der Waals surface area (Å²) in [6.45, 7) is 10.8. The van der Waals surface area contributed by atoms with Crippen LogP contribution >= 0.6 is 0 Å². The van der Waals surface area contributed by atoms with Gasteiger partial charge in [-0.3, -0.25) is 9.69 Å². The van der Waals surface area contributed by atoms with Gasteiger partial charge in [-0.1, -0.05) is 67.9 Å². The van der Waals surface area contributed by atoms with Gasteiger partial charge in [0.25, 0.3) is 0 Å². The van der Waals surface area contributed by atoms with Crippen molar-refractivity contribution in [2.24, 2.45) is 0 Å². The number of carbonyl (C=O) groups is 1. The van der Waals surface area contributed by atoms with Gasteiger partial charge in [0.2, 0.25) is 5.88 Å². The summed E-state index contributed by atoms with van der Waals surface area (Å²) in [5.74, 6) is -0.548. The van der Waals surface area contributed by atoms with Gasteiger partial charge in [0.15, 0.2) is 11.5 Å². The van der Waals surface area contributed by atoms with Crippen LogP contribution in [0.2, 0.25) is 0 Å². The van der Waals surface area contributed by atoms with Crippen LogP contribution in [-0.2, 0) is 11.3 Å². The van der Waals surface area contributed by atoms with Crippen molar-refractivity contribution in [3.8, 4) is 22.9 Å². The molecule has 0 radical (unpaired) electrons. The Balaban J connectivity index is 1.72. The summed E-state index contributed by atoms with van der Waals surface area (Å²) in [4.78, 5) is 15.9. The second kappa shape index (κ2) is 10.5. The molecule has 0 aliphatic carbocycles. The summed E-state index contributed by atoms with van der Waals surface area (Å²) >= 11 is 0. The number of aromatic nitrogens is 1. The standard InChI is InChI=1S/C28H34N2O4/c1-19(2)21-9-11-22(12-10-21)25-24(26(31)23-7-5-20(3)6-8-23)27(32)28(33)30(25)14-4-13-29-15-17-34-18-16-29/h5-12,19,32-33H,4,13-18H2,1-3H3. The highest BCUT2D eigenvalue weighted by molar-refractivity contribution is 6.15. The third-order valence-electron chi connectivity index (χ3n) is 6.56. The van der Waals surface area contributed by atoms with Crippen molar-refractivity contribution in [1.82, 2.24) is 9.47 Å². The summed E-state index contributed by atoms with van der Waals surface area (Å²) in [5, 5.41) is 21.8. The van der Waals surface area contributed by atoms with Gasteiger partial charge in [-0.15, -0.1) is 0 Å². The van der Waals surface area contributed by atoms with Gasteiger partial charge in [0, 0.05) is 31.7 Å². The smallest absolute Gasteiger partial charge is 0.235 e. The Bertz CT molecular complexity index is 1120. The largest absolute Gasteiger partial charge is 0.503 e. The van der Waals surface area contributed by atoms with Gasteiger partial charge < -0.3 is 19.5 Å². The fourth-order valence-corrected chi connectivity index (χ4v) is 4.48. The summed E-state index contributed by atoms with van der Waals surface area (Å²) in [5.41, 5.74) is 4.21. The average molecular weight is 463 g/mol. The molecule has 6 nitrogen and oxygen atoms in total. The maximum Gasteiger partial charge on any atom is 0.235 e. The Kier molecular flexibility index (Phi) is 7.39. The summed E-state index contributed by atoms with van der Waals surface area (Å²) in [6.07, 6.45) is 0.775. The number of nitrogens with zero attached hydrogens (tertiary/aromatic N) is 2. The van der Waals surface area contributed by atoms with E-state index in [-0.39, 0.29) is 23.0 Å². The van der Waals surface area contributed by atoms with Gasteiger partial charge >= 0.3 is 0 Å². The molecule has 1 saturated heterocycles. The number of aromatic hydroxyl groups is 2. The van der Waals surface area contributed by atoms with E-state index in [9.17, 15) is 15.0 Å². The molecular formula is C28H34N2O4. The molecule has 1 aliphatic rings. The maximum atomic E-state index is 13.5. The van der Waals surface area contributed by atoms with Gasteiger partial charge in [0.05, 0.1) is 24.5 Å². The van der Waals surface area contributed by atoms with Crippen LogP contribution in [0.5, 0.6) is 11.6 Å². The highest BCUT2D eigenvalue weighted by Gasteiger charge is 2.29. The lowest BCUT2D eigenvalue weighted by Gasteiger charge is -2.26. The number of benzene rings is 2. The van der Waals surface area contributed by atoms with Crippen LogP contribution in [-0.4, -0.2) is 58.3 Å². The molecule has 1 aromatic heterocycles. The first-order valence-electron chi connectivity index (χ1n) is 12.0. The van der Waals surface area contributed by atoms with Crippen LogP contribution in [0.15, 0.2) is 48.5 Å². The van der Waals surface area contributed by atoms with E-state index in [4.69, 9.17) is 4.74 Å². The van der Waals surface area contributed by atoms with Crippen LogP contribution in [0, 0.1) is 6.92 Å². The first-order chi connectivity index (χ1) is 16.4. The number of ether oxygens (including phenoxy) is 1. The second-order valence-corrected chi connectivity index (χ2v) is 9.33. The third-order valence-corrected chi connectivity index (χ3v) is 6.56. The molecule has 2 N–H and O–H groups in total. The molecule has 0 bridgehead atoms. The molecule has 3 aromatic rings. The monoisotopic (exact) mass is 462 g/mol. The van der Waals surface area contributed by atoms with E-state index in [0.717, 1.165) is 50.4 Å². The predicted molar refractivity (Wildman–Crippen MR) is 134 cm³/mol. The van der Waals surface area contributed by atoms with E-state index in [0.29, 0.717) is 23.7 Å². The number of hydrogen-bond acceptors (Lipinski definition) is 5. The Morgan fingerprint density at radius 3 is 2.24 bits per heavy atom. The molecule has 34 heavy (non-hydrogen) atoms. The van der Waals surface area contributed by atoms with Crippen molar-refractivity contribution in [3.63, 3.8) is 0 Å². The molecule has 180 valence electrons. The van der Waals surface area contributed by atoms with Crippen LogP contribution in [0.1, 0.15) is 53.2 Å². The Hall–Kier alpha value is -3.09. The number of carbonyl (C=O) groups excluding carboxylic acids is 1. The minimum Gasteiger partial charge on any atom is -0.503 e. The van der Waals surface area contributed by atoms with E-state index in [1.807, 2.05) is 43.3 Å². The minimum atomic E-state index is -0.361. The lowest BCUT2D eigenvalue weighted by molar-refractivity contribution is 0.0369. The fourth-order valence-electron chi connectivity index (χ4n) is 4.48. The van der Waals surface area contributed by atoms with Crippen molar-refractivity contribution in [2.75, 3.05) is 32.8 Å². The quantitative estimate of drug-likeness (QED) is 0.463. The maximum absolute atomic E-state index is 13.5. The minimum absolute atomic E-state index is 0.144. The van der Waals surface area contributed by atoms with Crippen molar-refractivity contribution in [1.29, 1.82) is 0 Å². The Morgan fingerprint density at radius 2 is 1.62 bits per heavy atom. The van der Waals surface area contributed by atoms with E-state index < -0.39 is 0 Å². The van der Waals surface area contributed by atoms with Crippen LogP contribution in [0.3, 0.4) is 0 Å². The average Bonchev–Trinajstić information content (AvgIpc) is 3.10. The normalized spacial score (nSPS) is 14.6. The summed E-state index contributed by atoms with van der Waals surface area (Å²) < 4.78 is 7.11. The Labute approximate surface area is 201 Å². The van der Waals surface area contributed by atoms with Crippen LogP contribution in [0.25, 0.3) is 11.3 Å². The first kappa shape index (κ1) is 24.0. The third kappa shape index (κ3) is 5.03. The number of rotatable bonds is 8. The molecule has 0 amide bonds. The summed E-state index contributed by atoms with van der Waals surface area (Å²) in [7, 11) is 0. The fraction of sp³-hybridized carbons (Fsp3) is 0.393. The lowest BCUT2D eigenvalue weighted by Crippen LogP contribution is -2.37. The zero-order valence-electron chi connectivity index (χ0n) is 20.3. The van der Waals surface area contributed by atoms with E-state index in [1.165, 1.54) is 5.56 Å². The van der Waals surface area contributed by atoms with Crippen molar-refractivity contribution < 1.29 is 19.7 Å². The molecule has 4 rings (SSSR count). The van der Waals surface area contributed by atoms with Crippen LogP contribution < -0.4 is 0 Å². The lowest BCUT2D eigenvalue weighted by atomic mass is 9.96. The molecule has 2 aromatic carbocycles. The molecule has 0 unspecified atom stereocenters. The first-order valence-corrected chi connectivity index (χ1v) is 12.0. The number of morpholine rings is 1. The summed E-state index contributed by atoms with van der Waals surface area (Å²) in [6, 6.07) is 15.3. The van der Waals surface area contributed by atoms with Crippen molar-refractivity contribution in [3.05, 3.63) is 70.8 Å². The number of hydrogen-bond donors (Lipinski definition) is 2. The van der Waals surface area contributed by atoms with Crippen LogP contribution in [0.4, 0.5) is 0 Å². The van der Waals surface area contributed by atoms with E-state index in [1.54, 1.807) is 16.7 Å². The highest BCUT2D eigenvalue weighted by atomic mass is 16.5. The van der Waals surface area contributed by atoms with Gasteiger partial charge in [-0.25, -0.2) is 0 Å². The number of aryl methyl sites for hydroxylation is 1. The molecule has 1 fully saturated rings. The molecule has 0 spiro atoms. The zero-order chi connectivity index (χ0) is 24.2. The zero-order valence-corrected chi connectivity index (χ0v) is 20.3. The molecule has 2 heterocycles. The molecule has 6 heteroatoms. The predicted octanol–water partition coefficient (Wildman–Crippen LogP) is 4.95. The van der Waals surface area contributed by atoms with Crippen molar-refractivity contribution in [2.45, 2.75) is 39.7 Å². The molecule has 0 saturated carbocycles. The molecule has 0 atom stereocenters. The topological polar surface area (TPSA) is 74.9 Å². The second-order valence-electron chi connectivity index (χ2n) is 9.33. The SMILES string of the molecule is Cc1ccc(C(=O)c2c(O)c(O)n(CCCN3CCOCC3)c2-c2ccc(C(C)C)cc2)cc1. The number of ketones is 1. The van der Waals surface area contributed by atoms with Gasteiger partial charge in [0.1, 0.15) is 0 Å². The molecular weight excluding hydrogens is 428 g/mol. The van der Waals surface area contributed by atoms with E-state index >= 15 is 0 Å².